The minimum absolute atomic E-state index is 0.0484. The van der Waals surface area contributed by atoms with E-state index in [0.717, 1.165) is 29.7 Å². The molecule has 30 heavy (non-hydrogen) atoms. The molecule has 8 heteroatoms. The number of aryl methyl sites for hydroxylation is 3. The molecule has 4 rings (SSSR count). The number of imide groups is 1. The summed E-state index contributed by atoms with van der Waals surface area (Å²) in [5.74, 6) is -0.458. The number of carbonyl (C=O) groups excluding carboxylic acids is 3. The fourth-order valence-electron chi connectivity index (χ4n) is 4.28. The minimum atomic E-state index is -0.734. The molecule has 4 amide bonds. The van der Waals surface area contributed by atoms with Crippen molar-refractivity contribution in [1.29, 1.82) is 0 Å². The van der Waals surface area contributed by atoms with Crippen LogP contribution < -0.4 is 10.6 Å². The second-order valence-electron chi connectivity index (χ2n) is 8.26. The summed E-state index contributed by atoms with van der Waals surface area (Å²) in [5, 5.41) is 8.06. The molecule has 2 aliphatic rings. The molecule has 0 unspecified atom stereocenters. The van der Waals surface area contributed by atoms with Crippen LogP contribution in [0.25, 0.3) is 11.3 Å². The number of hydrogen-bond acceptors (Lipinski definition) is 5. The van der Waals surface area contributed by atoms with Gasteiger partial charge in [-0.2, -0.15) is 0 Å². The molecule has 2 aromatic rings. The van der Waals surface area contributed by atoms with E-state index in [0.29, 0.717) is 18.0 Å². The summed E-state index contributed by atoms with van der Waals surface area (Å²) in [6.07, 6.45) is 3.28. The summed E-state index contributed by atoms with van der Waals surface area (Å²) in [4.78, 5) is 43.0. The number of amides is 4. The van der Waals surface area contributed by atoms with Crippen molar-refractivity contribution in [2.45, 2.75) is 58.4 Å². The van der Waals surface area contributed by atoms with Gasteiger partial charge in [-0.15, -0.1) is 11.3 Å². The van der Waals surface area contributed by atoms with Gasteiger partial charge < -0.3 is 10.6 Å². The highest BCUT2D eigenvalue weighted by Gasteiger charge is 2.52. The number of rotatable bonds is 5. The van der Waals surface area contributed by atoms with Gasteiger partial charge in [-0.05, 0) is 56.4 Å². The third-order valence-corrected chi connectivity index (χ3v) is 6.89. The van der Waals surface area contributed by atoms with Crippen LogP contribution in [0.2, 0.25) is 0 Å². The molecule has 1 aromatic carbocycles. The van der Waals surface area contributed by atoms with E-state index in [1.54, 1.807) is 0 Å². The van der Waals surface area contributed by atoms with E-state index in [4.69, 9.17) is 0 Å². The molecule has 1 saturated heterocycles. The third-order valence-electron chi connectivity index (χ3n) is 6.13. The second kappa shape index (κ2) is 7.83. The van der Waals surface area contributed by atoms with E-state index in [9.17, 15) is 14.4 Å². The Kier molecular flexibility index (Phi) is 5.36. The van der Waals surface area contributed by atoms with Gasteiger partial charge in [0.05, 0.1) is 5.69 Å². The normalized spacial score (nSPS) is 17.6. The number of hydrogen-bond donors (Lipinski definition) is 2. The summed E-state index contributed by atoms with van der Waals surface area (Å²) in [7, 11) is 0. The third kappa shape index (κ3) is 3.71. The fourth-order valence-corrected chi connectivity index (χ4v) is 5.01. The van der Waals surface area contributed by atoms with E-state index >= 15 is 0 Å². The van der Waals surface area contributed by atoms with E-state index in [2.05, 4.69) is 48.5 Å². The van der Waals surface area contributed by atoms with Crippen LogP contribution in [0.3, 0.4) is 0 Å². The van der Waals surface area contributed by atoms with E-state index in [1.807, 2.05) is 5.38 Å². The van der Waals surface area contributed by atoms with Gasteiger partial charge in [-0.3, -0.25) is 14.5 Å². The maximum absolute atomic E-state index is 12.7. The topological polar surface area (TPSA) is 91.4 Å². The molecular weight excluding hydrogens is 400 g/mol. The van der Waals surface area contributed by atoms with Crippen LogP contribution in [0.4, 0.5) is 9.93 Å². The summed E-state index contributed by atoms with van der Waals surface area (Å²) in [5.41, 5.74) is 4.72. The van der Waals surface area contributed by atoms with Gasteiger partial charge in [0.15, 0.2) is 5.13 Å². The molecule has 2 N–H and O–H groups in total. The molecule has 2 heterocycles. The van der Waals surface area contributed by atoms with Crippen LogP contribution in [0, 0.1) is 20.8 Å². The number of urea groups is 1. The average Bonchev–Trinajstić information content (AvgIpc) is 3.39. The predicted octanol–water partition coefficient (Wildman–Crippen LogP) is 3.93. The van der Waals surface area contributed by atoms with E-state index in [1.165, 1.54) is 27.4 Å². The Labute approximate surface area is 179 Å². The first-order valence-electron chi connectivity index (χ1n) is 10.3. The molecule has 1 saturated carbocycles. The molecule has 1 aliphatic heterocycles. The molecule has 7 nitrogen and oxygen atoms in total. The van der Waals surface area contributed by atoms with Crippen LogP contribution in [0.15, 0.2) is 17.5 Å². The molecule has 158 valence electrons. The quantitative estimate of drug-likeness (QED) is 0.709. The monoisotopic (exact) mass is 426 g/mol. The number of benzene rings is 1. The van der Waals surface area contributed by atoms with Crippen molar-refractivity contribution in [3.8, 4) is 11.3 Å². The average molecular weight is 427 g/mol. The maximum atomic E-state index is 12.7. The van der Waals surface area contributed by atoms with Gasteiger partial charge in [-0.25, -0.2) is 9.78 Å². The van der Waals surface area contributed by atoms with Crippen molar-refractivity contribution >= 4 is 34.3 Å². The molecule has 0 atom stereocenters. The first-order valence-corrected chi connectivity index (χ1v) is 11.1. The zero-order valence-corrected chi connectivity index (χ0v) is 18.3. The maximum Gasteiger partial charge on any atom is 0.325 e. The molecule has 0 radical (unpaired) electrons. The predicted molar refractivity (Wildman–Crippen MR) is 116 cm³/mol. The Hall–Kier alpha value is -2.74. The minimum Gasteiger partial charge on any atom is -0.323 e. The van der Waals surface area contributed by atoms with Gasteiger partial charge in [0.25, 0.3) is 5.91 Å². The van der Waals surface area contributed by atoms with Crippen LogP contribution in [0.1, 0.15) is 48.8 Å². The van der Waals surface area contributed by atoms with Gasteiger partial charge in [0.2, 0.25) is 5.91 Å². The number of thiazole rings is 1. The fraction of sp³-hybridized carbons (Fsp3) is 0.455. The molecular formula is C22H26N4O3S. The highest BCUT2D eigenvalue weighted by Crippen LogP contribution is 2.35. The lowest BCUT2D eigenvalue weighted by molar-refractivity contribution is -0.131. The lowest BCUT2D eigenvalue weighted by Crippen LogP contribution is -2.44. The van der Waals surface area contributed by atoms with Crippen molar-refractivity contribution in [2.75, 3.05) is 11.9 Å². The molecule has 1 spiro atoms. The Morgan fingerprint density at radius 2 is 1.87 bits per heavy atom. The molecule has 1 aromatic heterocycles. The molecule has 2 fully saturated rings. The smallest absolute Gasteiger partial charge is 0.323 e. The van der Waals surface area contributed by atoms with Gasteiger partial charge in [0, 0.05) is 23.9 Å². The lowest BCUT2D eigenvalue weighted by atomic mass is 9.98. The van der Waals surface area contributed by atoms with Crippen LogP contribution in [0.5, 0.6) is 0 Å². The lowest BCUT2D eigenvalue weighted by Gasteiger charge is -2.19. The number of nitrogens with zero attached hydrogens (tertiary/aromatic N) is 2. The SMILES string of the molecule is Cc1cc(C)c(-c2csc(NC(=O)CCN3C(=O)NC4(CCCC4)C3=O)n2)cc1C. The summed E-state index contributed by atoms with van der Waals surface area (Å²) in [6, 6.07) is 3.86. The second-order valence-corrected chi connectivity index (χ2v) is 9.12. The summed E-state index contributed by atoms with van der Waals surface area (Å²) in [6.45, 7) is 6.28. The van der Waals surface area contributed by atoms with Crippen LogP contribution in [-0.4, -0.2) is 39.8 Å². The summed E-state index contributed by atoms with van der Waals surface area (Å²) < 4.78 is 0. The first-order chi connectivity index (χ1) is 14.3. The zero-order chi connectivity index (χ0) is 21.5. The zero-order valence-electron chi connectivity index (χ0n) is 17.5. The van der Waals surface area contributed by atoms with Gasteiger partial charge in [0.1, 0.15) is 5.54 Å². The highest BCUT2D eigenvalue weighted by atomic mass is 32.1. The number of carbonyl (C=O) groups is 3. The molecule has 1 aliphatic carbocycles. The van der Waals surface area contributed by atoms with Crippen molar-refractivity contribution < 1.29 is 14.4 Å². The molecule has 0 bridgehead atoms. The van der Waals surface area contributed by atoms with Crippen LogP contribution in [-0.2, 0) is 9.59 Å². The van der Waals surface area contributed by atoms with Crippen molar-refractivity contribution in [1.82, 2.24) is 15.2 Å². The van der Waals surface area contributed by atoms with Gasteiger partial charge >= 0.3 is 6.03 Å². The van der Waals surface area contributed by atoms with Crippen molar-refractivity contribution in [2.24, 2.45) is 0 Å². The Morgan fingerprint density at radius 1 is 1.17 bits per heavy atom. The van der Waals surface area contributed by atoms with Crippen molar-refractivity contribution in [3.63, 3.8) is 0 Å². The number of aromatic nitrogens is 1. The Bertz CT molecular complexity index is 1020. The highest BCUT2D eigenvalue weighted by molar-refractivity contribution is 7.14. The first kappa shape index (κ1) is 20.5. The van der Waals surface area contributed by atoms with Crippen molar-refractivity contribution in [3.05, 3.63) is 34.2 Å². The Morgan fingerprint density at radius 3 is 2.60 bits per heavy atom. The Balaban J connectivity index is 1.37. The number of nitrogens with one attached hydrogen (secondary N) is 2. The van der Waals surface area contributed by atoms with E-state index < -0.39 is 11.6 Å². The largest absolute Gasteiger partial charge is 0.325 e. The number of anilines is 1. The summed E-state index contributed by atoms with van der Waals surface area (Å²) >= 11 is 1.36. The van der Waals surface area contributed by atoms with Crippen LogP contribution >= 0.6 is 11.3 Å². The van der Waals surface area contributed by atoms with E-state index in [-0.39, 0.29) is 24.8 Å². The van der Waals surface area contributed by atoms with Gasteiger partial charge in [-0.1, -0.05) is 18.9 Å². The standard InChI is InChI=1S/C22H26N4O3S/c1-13-10-15(3)16(11-14(13)2)17-12-30-20(23-17)24-18(27)6-9-26-19(28)22(25-21(26)29)7-4-5-8-22/h10-12H,4-9H2,1-3H3,(H,25,29)(H,23,24,27).